The first-order valence-electron chi connectivity index (χ1n) is 12.6. The van der Waals surface area contributed by atoms with Gasteiger partial charge < -0.3 is 4.90 Å². The highest BCUT2D eigenvalue weighted by Crippen LogP contribution is 2.30. The molecule has 0 amide bonds. The summed E-state index contributed by atoms with van der Waals surface area (Å²) in [6, 6.07) is 38.9. The molecule has 2 heterocycles. The third-order valence-corrected chi connectivity index (χ3v) is 6.83. The van der Waals surface area contributed by atoms with Crippen LogP contribution in [-0.4, -0.2) is 19.7 Å². The SMILES string of the molecule is Clc1ccccc1Cn1cc2c(N(Cc3ccccc3)Cc3ccccc3)nc(-c3ccccc3)nc2n1. The fourth-order valence-corrected chi connectivity index (χ4v) is 4.79. The standard InChI is InChI=1S/C32H26ClN5/c33-29-19-11-10-18-27(29)22-38-23-28-31(36-38)34-30(26-16-8-3-9-17-26)35-32(28)37(20-24-12-4-1-5-13-24)21-25-14-6-2-7-15-25/h1-19,23H,20-22H2. The van der Waals surface area contributed by atoms with E-state index in [-0.39, 0.29) is 0 Å². The zero-order valence-corrected chi connectivity index (χ0v) is 21.5. The minimum Gasteiger partial charge on any atom is -0.347 e. The van der Waals surface area contributed by atoms with Gasteiger partial charge in [-0.15, -0.1) is 0 Å². The summed E-state index contributed by atoms with van der Waals surface area (Å²) in [5.74, 6) is 1.51. The topological polar surface area (TPSA) is 46.8 Å². The Balaban J connectivity index is 1.49. The van der Waals surface area contributed by atoms with Crippen molar-refractivity contribution in [1.82, 2.24) is 19.7 Å². The number of hydrogen-bond acceptors (Lipinski definition) is 4. The third-order valence-electron chi connectivity index (χ3n) is 6.46. The molecule has 5 nitrogen and oxygen atoms in total. The number of halogens is 1. The molecule has 0 N–H and O–H groups in total. The lowest BCUT2D eigenvalue weighted by atomic mass is 10.1. The number of aromatic nitrogens is 4. The molecule has 38 heavy (non-hydrogen) atoms. The highest BCUT2D eigenvalue weighted by Gasteiger charge is 2.19. The lowest BCUT2D eigenvalue weighted by molar-refractivity contribution is 0.693. The summed E-state index contributed by atoms with van der Waals surface area (Å²) >= 11 is 6.46. The van der Waals surface area contributed by atoms with E-state index in [0.717, 1.165) is 27.4 Å². The molecule has 0 bridgehead atoms. The molecule has 6 aromatic rings. The lowest BCUT2D eigenvalue weighted by Gasteiger charge is -2.25. The molecule has 0 spiro atoms. The molecule has 0 aliphatic carbocycles. The predicted octanol–water partition coefficient (Wildman–Crippen LogP) is 7.40. The molecule has 2 aromatic heterocycles. The Morgan fingerprint density at radius 3 is 1.87 bits per heavy atom. The number of fused-ring (bicyclic) bond motifs is 1. The molecule has 6 heteroatoms. The van der Waals surface area contributed by atoms with E-state index >= 15 is 0 Å². The maximum Gasteiger partial charge on any atom is 0.186 e. The fraction of sp³-hybridized carbons (Fsp3) is 0.0938. The molecule has 0 fully saturated rings. The minimum absolute atomic E-state index is 0.549. The third kappa shape index (κ3) is 5.29. The fourth-order valence-electron chi connectivity index (χ4n) is 4.59. The van der Waals surface area contributed by atoms with Crippen LogP contribution in [0.2, 0.25) is 5.02 Å². The van der Waals surface area contributed by atoms with Gasteiger partial charge in [0.25, 0.3) is 0 Å². The molecule has 4 aromatic carbocycles. The van der Waals surface area contributed by atoms with E-state index in [1.165, 1.54) is 11.1 Å². The molecule has 0 atom stereocenters. The van der Waals surface area contributed by atoms with Crippen LogP contribution in [0.1, 0.15) is 16.7 Å². The van der Waals surface area contributed by atoms with Gasteiger partial charge in [-0.1, -0.05) is 121 Å². The van der Waals surface area contributed by atoms with Crippen molar-refractivity contribution >= 4 is 28.5 Å². The molecular weight excluding hydrogens is 490 g/mol. The van der Waals surface area contributed by atoms with E-state index in [9.17, 15) is 0 Å². The Labute approximate surface area is 227 Å². The van der Waals surface area contributed by atoms with Gasteiger partial charge in [-0.3, -0.25) is 4.68 Å². The van der Waals surface area contributed by atoms with Crippen molar-refractivity contribution in [2.75, 3.05) is 4.90 Å². The van der Waals surface area contributed by atoms with Gasteiger partial charge in [-0.05, 0) is 22.8 Å². The van der Waals surface area contributed by atoms with Crippen LogP contribution in [0.5, 0.6) is 0 Å². The molecule has 0 unspecified atom stereocenters. The van der Waals surface area contributed by atoms with Crippen LogP contribution in [0.25, 0.3) is 22.4 Å². The van der Waals surface area contributed by atoms with Gasteiger partial charge in [0.15, 0.2) is 11.5 Å². The van der Waals surface area contributed by atoms with Gasteiger partial charge in [0, 0.05) is 29.9 Å². The number of hydrogen-bond donors (Lipinski definition) is 0. The first-order valence-corrected chi connectivity index (χ1v) is 13.0. The lowest BCUT2D eigenvalue weighted by Crippen LogP contribution is -2.23. The van der Waals surface area contributed by atoms with E-state index in [2.05, 4.69) is 53.4 Å². The number of nitrogens with zero attached hydrogens (tertiary/aromatic N) is 5. The van der Waals surface area contributed by atoms with Gasteiger partial charge in [-0.2, -0.15) is 5.10 Å². The number of benzene rings is 4. The van der Waals surface area contributed by atoms with Crippen LogP contribution in [0.3, 0.4) is 0 Å². The predicted molar refractivity (Wildman–Crippen MR) is 154 cm³/mol. The van der Waals surface area contributed by atoms with Gasteiger partial charge >= 0.3 is 0 Å². The summed E-state index contributed by atoms with van der Waals surface area (Å²) in [6.45, 7) is 1.95. The molecule has 0 aliphatic heterocycles. The van der Waals surface area contributed by atoms with Crippen LogP contribution in [0.4, 0.5) is 5.82 Å². The second-order valence-corrected chi connectivity index (χ2v) is 9.63. The molecule has 0 saturated heterocycles. The van der Waals surface area contributed by atoms with Crippen LogP contribution >= 0.6 is 11.6 Å². The average Bonchev–Trinajstić information content (AvgIpc) is 3.37. The van der Waals surface area contributed by atoms with Gasteiger partial charge in [-0.25, -0.2) is 9.97 Å². The Bertz CT molecular complexity index is 1610. The van der Waals surface area contributed by atoms with Crippen molar-refractivity contribution in [3.63, 3.8) is 0 Å². The minimum atomic E-state index is 0.549. The van der Waals surface area contributed by atoms with Crippen LogP contribution in [0.15, 0.2) is 121 Å². The highest BCUT2D eigenvalue weighted by atomic mass is 35.5. The van der Waals surface area contributed by atoms with E-state index < -0.39 is 0 Å². The van der Waals surface area contributed by atoms with Crippen molar-refractivity contribution in [1.29, 1.82) is 0 Å². The summed E-state index contributed by atoms with van der Waals surface area (Å²) in [6.07, 6.45) is 2.03. The molecule has 0 aliphatic rings. The summed E-state index contributed by atoms with van der Waals surface area (Å²) < 4.78 is 1.90. The zero-order valence-electron chi connectivity index (χ0n) is 20.8. The summed E-state index contributed by atoms with van der Waals surface area (Å²) in [5, 5.41) is 6.50. The van der Waals surface area contributed by atoms with Crippen LogP contribution in [-0.2, 0) is 19.6 Å². The Hall–Kier alpha value is -4.48. The first kappa shape index (κ1) is 23.9. The van der Waals surface area contributed by atoms with Crippen molar-refractivity contribution < 1.29 is 0 Å². The maximum atomic E-state index is 6.46. The Kier molecular flexibility index (Phi) is 6.83. The molecule has 186 valence electrons. The highest BCUT2D eigenvalue weighted by molar-refractivity contribution is 6.31. The van der Waals surface area contributed by atoms with Gasteiger partial charge in [0.2, 0.25) is 0 Å². The van der Waals surface area contributed by atoms with E-state index in [0.29, 0.717) is 31.1 Å². The zero-order chi connectivity index (χ0) is 25.7. The van der Waals surface area contributed by atoms with E-state index in [1.807, 2.05) is 77.6 Å². The van der Waals surface area contributed by atoms with Crippen molar-refractivity contribution in [2.45, 2.75) is 19.6 Å². The Morgan fingerprint density at radius 2 is 1.24 bits per heavy atom. The van der Waals surface area contributed by atoms with Crippen molar-refractivity contribution in [3.8, 4) is 11.4 Å². The molecule has 6 rings (SSSR count). The summed E-state index contributed by atoms with van der Waals surface area (Å²) in [7, 11) is 0. The second kappa shape index (κ2) is 10.9. The van der Waals surface area contributed by atoms with E-state index in [4.69, 9.17) is 26.7 Å². The summed E-state index contributed by atoms with van der Waals surface area (Å²) in [5.41, 5.74) is 5.03. The van der Waals surface area contributed by atoms with Crippen LogP contribution < -0.4 is 4.90 Å². The largest absolute Gasteiger partial charge is 0.347 e. The quantitative estimate of drug-likeness (QED) is 0.212. The Morgan fingerprint density at radius 1 is 0.658 bits per heavy atom. The van der Waals surface area contributed by atoms with E-state index in [1.54, 1.807) is 0 Å². The van der Waals surface area contributed by atoms with Crippen molar-refractivity contribution in [2.24, 2.45) is 0 Å². The molecule has 0 saturated carbocycles. The van der Waals surface area contributed by atoms with Gasteiger partial charge in [0.1, 0.15) is 5.82 Å². The number of rotatable bonds is 8. The normalized spacial score (nSPS) is 11.1. The van der Waals surface area contributed by atoms with Gasteiger partial charge in [0.05, 0.1) is 11.9 Å². The van der Waals surface area contributed by atoms with Crippen LogP contribution in [0, 0.1) is 0 Å². The smallest absolute Gasteiger partial charge is 0.186 e. The van der Waals surface area contributed by atoms with Crippen molar-refractivity contribution in [3.05, 3.63) is 143 Å². The maximum absolute atomic E-state index is 6.46. The first-order chi connectivity index (χ1) is 18.7. The molecule has 0 radical (unpaired) electrons. The number of anilines is 1. The average molecular weight is 516 g/mol. The molecular formula is C32H26ClN5. The summed E-state index contributed by atoms with van der Waals surface area (Å²) in [4.78, 5) is 12.3. The second-order valence-electron chi connectivity index (χ2n) is 9.22. The monoisotopic (exact) mass is 515 g/mol.